The Morgan fingerprint density at radius 3 is 2.22 bits per heavy atom. The van der Waals surface area contributed by atoms with Gasteiger partial charge in [0.15, 0.2) is 11.3 Å². The molecule has 1 atom stereocenters. The molecule has 0 saturated carbocycles. The maximum Gasteiger partial charge on any atom is 0.425 e. The molecule has 2 aliphatic heterocycles. The number of aromatic amines is 1. The quantitative estimate of drug-likeness (QED) is 0.424. The third-order valence-electron chi connectivity index (χ3n) is 6.11. The lowest BCUT2D eigenvalue weighted by atomic mass is 10.0. The Morgan fingerprint density at radius 2 is 1.59 bits per heavy atom. The van der Waals surface area contributed by atoms with Crippen molar-refractivity contribution in [1.29, 1.82) is 0 Å². The van der Waals surface area contributed by atoms with Gasteiger partial charge in [-0.05, 0) is 12.8 Å². The molecule has 2 aromatic heterocycles. The number of likely N-dealkylation sites (tertiary alicyclic amines) is 1. The number of H-pyrrole nitrogens is 1. The van der Waals surface area contributed by atoms with Crippen LogP contribution in [0, 0.1) is 0 Å². The van der Waals surface area contributed by atoms with E-state index >= 15 is 0 Å². The van der Waals surface area contributed by atoms with Gasteiger partial charge in [0.1, 0.15) is 12.7 Å². The van der Waals surface area contributed by atoms with Gasteiger partial charge in [0, 0.05) is 44.5 Å². The number of rotatable bonds is 7. The first-order chi connectivity index (χ1) is 17.4. The molecular formula is C21H22F6N6O4. The monoisotopic (exact) mass is 536 g/mol. The number of ether oxygens (including phenoxy) is 2. The third kappa shape index (κ3) is 6.11. The Kier molecular flexibility index (Phi) is 7.57. The number of hydrogen-bond acceptors (Lipinski definition) is 8. The van der Waals surface area contributed by atoms with Crippen molar-refractivity contribution in [3.8, 4) is 5.75 Å². The molecule has 1 N–H and O–H groups in total. The van der Waals surface area contributed by atoms with Crippen molar-refractivity contribution in [3.05, 3.63) is 40.1 Å². The number of aromatic nitrogens is 4. The van der Waals surface area contributed by atoms with Gasteiger partial charge in [0.25, 0.3) is 11.5 Å². The first kappa shape index (κ1) is 26.6. The standard InChI is InChI=1S/C21H22F6N6O4/c22-20(23,24)12-9-28-19(29-10-12)32-4-1-13(2-5-32)33-6-3-14(18(33)35)36-7-8-37-15-11-30-31-17(34)16(15)21(25,26)27/h9-11,13-14H,1-8H2,(H,31,34). The molecule has 10 nitrogen and oxygen atoms in total. The largest absolute Gasteiger partial charge is 0.489 e. The van der Waals surface area contributed by atoms with Gasteiger partial charge in [-0.2, -0.15) is 31.4 Å². The van der Waals surface area contributed by atoms with E-state index in [1.54, 1.807) is 14.9 Å². The molecule has 2 aromatic rings. The number of anilines is 1. The highest BCUT2D eigenvalue weighted by molar-refractivity contribution is 5.83. The summed E-state index contributed by atoms with van der Waals surface area (Å²) in [6, 6.07) is -0.0977. The van der Waals surface area contributed by atoms with Crippen LogP contribution in [0.5, 0.6) is 5.75 Å². The molecule has 2 saturated heterocycles. The zero-order valence-electron chi connectivity index (χ0n) is 19.2. The average Bonchev–Trinajstić information content (AvgIpc) is 3.21. The van der Waals surface area contributed by atoms with Crippen molar-refractivity contribution in [2.45, 2.75) is 43.8 Å². The summed E-state index contributed by atoms with van der Waals surface area (Å²) >= 11 is 0. The van der Waals surface area contributed by atoms with Crippen molar-refractivity contribution in [2.24, 2.45) is 0 Å². The van der Waals surface area contributed by atoms with Crippen LogP contribution in [0.1, 0.15) is 30.4 Å². The summed E-state index contributed by atoms with van der Waals surface area (Å²) < 4.78 is 87.8. The highest BCUT2D eigenvalue weighted by atomic mass is 19.4. The molecule has 1 unspecified atom stereocenters. The minimum Gasteiger partial charge on any atom is -0.489 e. The maximum absolute atomic E-state index is 13.1. The topological polar surface area (TPSA) is 114 Å². The Balaban J connectivity index is 1.24. The Labute approximate surface area is 205 Å². The summed E-state index contributed by atoms with van der Waals surface area (Å²) in [6.07, 6.45) is -6.50. The summed E-state index contributed by atoms with van der Waals surface area (Å²) in [5, 5.41) is 5.01. The molecule has 0 aromatic carbocycles. The van der Waals surface area contributed by atoms with Crippen molar-refractivity contribution < 1.29 is 40.6 Å². The molecule has 0 bridgehead atoms. The molecule has 202 valence electrons. The van der Waals surface area contributed by atoms with Crippen LogP contribution in [0.2, 0.25) is 0 Å². The molecule has 2 aliphatic rings. The van der Waals surface area contributed by atoms with E-state index < -0.39 is 40.9 Å². The van der Waals surface area contributed by atoms with E-state index in [2.05, 4.69) is 15.1 Å². The predicted molar refractivity (Wildman–Crippen MR) is 114 cm³/mol. The smallest absolute Gasteiger partial charge is 0.425 e. The number of nitrogens with one attached hydrogen (secondary N) is 1. The van der Waals surface area contributed by atoms with E-state index in [1.807, 2.05) is 0 Å². The zero-order valence-corrected chi connectivity index (χ0v) is 19.2. The van der Waals surface area contributed by atoms with E-state index in [4.69, 9.17) is 9.47 Å². The Bertz CT molecular complexity index is 1150. The van der Waals surface area contributed by atoms with E-state index in [-0.39, 0.29) is 31.1 Å². The van der Waals surface area contributed by atoms with Crippen LogP contribution in [0.25, 0.3) is 0 Å². The van der Waals surface area contributed by atoms with E-state index in [0.717, 1.165) is 18.6 Å². The minimum atomic E-state index is -4.93. The fourth-order valence-electron chi connectivity index (χ4n) is 4.30. The van der Waals surface area contributed by atoms with Crippen LogP contribution in [0.3, 0.4) is 0 Å². The number of amides is 1. The van der Waals surface area contributed by atoms with E-state index in [1.165, 1.54) is 0 Å². The van der Waals surface area contributed by atoms with Gasteiger partial charge in [-0.3, -0.25) is 9.59 Å². The zero-order chi connectivity index (χ0) is 26.8. The third-order valence-corrected chi connectivity index (χ3v) is 6.11. The average molecular weight is 536 g/mol. The van der Waals surface area contributed by atoms with E-state index in [9.17, 15) is 35.9 Å². The minimum absolute atomic E-state index is 0.0977. The summed E-state index contributed by atoms with van der Waals surface area (Å²) in [5.41, 5.74) is -3.86. The van der Waals surface area contributed by atoms with Gasteiger partial charge in [0.2, 0.25) is 5.95 Å². The van der Waals surface area contributed by atoms with Crippen LogP contribution in [0.4, 0.5) is 32.3 Å². The first-order valence-electron chi connectivity index (χ1n) is 11.3. The van der Waals surface area contributed by atoms with Gasteiger partial charge in [-0.1, -0.05) is 0 Å². The van der Waals surface area contributed by atoms with Crippen molar-refractivity contribution in [3.63, 3.8) is 0 Å². The van der Waals surface area contributed by atoms with Crippen molar-refractivity contribution in [1.82, 2.24) is 25.1 Å². The van der Waals surface area contributed by atoms with Gasteiger partial charge in [-0.15, -0.1) is 0 Å². The van der Waals surface area contributed by atoms with Crippen molar-refractivity contribution >= 4 is 11.9 Å². The van der Waals surface area contributed by atoms with Gasteiger partial charge < -0.3 is 19.3 Å². The number of nitrogens with zero attached hydrogens (tertiary/aromatic N) is 5. The highest BCUT2D eigenvalue weighted by Crippen LogP contribution is 2.33. The Morgan fingerprint density at radius 1 is 0.919 bits per heavy atom. The second-order valence-corrected chi connectivity index (χ2v) is 8.45. The molecule has 37 heavy (non-hydrogen) atoms. The predicted octanol–water partition coefficient (Wildman–Crippen LogP) is 2.26. The van der Waals surface area contributed by atoms with Crippen LogP contribution < -0.4 is 15.2 Å². The number of carbonyl (C=O) groups is 1. The lowest BCUT2D eigenvalue weighted by Gasteiger charge is -2.36. The van der Waals surface area contributed by atoms with Gasteiger partial charge in [-0.25, -0.2) is 15.1 Å². The van der Waals surface area contributed by atoms with E-state index in [0.29, 0.717) is 38.9 Å². The van der Waals surface area contributed by atoms with Crippen LogP contribution in [0.15, 0.2) is 23.4 Å². The molecular weight excluding hydrogens is 514 g/mol. The molecule has 2 fully saturated rings. The lowest BCUT2D eigenvalue weighted by molar-refractivity contribution is -0.141. The van der Waals surface area contributed by atoms with Crippen LogP contribution in [-0.2, 0) is 21.9 Å². The fraction of sp³-hybridized carbons (Fsp3) is 0.571. The normalized spacial score (nSPS) is 19.5. The van der Waals surface area contributed by atoms with Crippen LogP contribution in [-0.4, -0.2) is 76.0 Å². The Hall–Kier alpha value is -3.43. The van der Waals surface area contributed by atoms with Crippen molar-refractivity contribution in [2.75, 3.05) is 37.7 Å². The fourth-order valence-corrected chi connectivity index (χ4v) is 4.30. The second kappa shape index (κ2) is 10.5. The molecule has 1 amide bonds. The SMILES string of the molecule is O=C1C(OCCOc2cn[nH]c(=O)c2C(F)(F)F)CCN1C1CCN(c2ncc(C(F)(F)F)cn2)CC1. The lowest BCUT2D eigenvalue weighted by Crippen LogP contribution is -2.47. The molecule has 4 rings (SSSR count). The van der Waals surface area contributed by atoms with Gasteiger partial charge >= 0.3 is 12.4 Å². The number of hydrogen-bond donors (Lipinski definition) is 1. The molecule has 0 radical (unpaired) electrons. The molecule has 0 aliphatic carbocycles. The number of carbonyl (C=O) groups excluding carboxylic acids is 1. The summed E-state index contributed by atoms with van der Waals surface area (Å²) in [4.78, 5) is 35.3. The second-order valence-electron chi connectivity index (χ2n) is 8.45. The number of piperidine rings is 1. The molecule has 4 heterocycles. The summed E-state index contributed by atoms with van der Waals surface area (Å²) in [5.74, 6) is -0.800. The molecule has 16 heteroatoms. The highest BCUT2D eigenvalue weighted by Gasteiger charge is 2.40. The summed E-state index contributed by atoms with van der Waals surface area (Å²) in [6.45, 7) is 0.819. The van der Waals surface area contributed by atoms with Gasteiger partial charge in [0.05, 0.1) is 18.4 Å². The first-order valence-corrected chi connectivity index (χ1v) is 11.3. The summed E-state index contributed by atoms with van der Waals surface area (Å²) in [7, 11) is 0. The maximum atomic E-state index is 13.1. The number of alkyl halides is 6. The van der Waals surface area contributed by atoms with Crippen LogP contribution >= 0.6 is 0 Å². The number of halogens is 6. The molecule has 0 spiro atoms.